The number of amides is 1. The van der Waals surface area contributed by atoms with Crippen LogP contribution < -0.4 is 5.32 Å². The van der Waals surface area contributed by atoms with Crippen LogP contribution in [0.2, 0.25) is 5.02 Å². The van der Waals surface area contributed by atoms with E-state index in [1.54, 1.807) is 24.3 Å². The maximum Gasteiger partial charge on any atom is 0.251 e. The average Bonchev–Trinajstić information content (AvgIpc) is 3.05. The molecule has 0 spiro atoms. The van der Waals surface area contributed by atoms with Gasteiger partial charge < -0.3 is 5.32 Å². The minimum absolute atomic E-state index is 0.0443. The Morgan fingerprint density at radius 3 is 2.61 bits per heavy atom. The van der Waals surface area contributed by atoms with Crippen molar-refractivity contribution in [1.82, 2.24) is 10.2 Å². The van der Waals surface area contributed by atoms with Crippen LogP contribution in [0.4, 0.5) is 0 Å². The second-order valence-corrected chi connectivity index (χ2v) is 6.30. The summed E-state index contributed by atoms with van der Waals surface area (Å²) in [7, 11) is 0. The Balaban J connectivity index is 1.52. The van der Waals surface area contributed by atoms with Gasteiger partial charge in [0.15, 0.2) is 0 Å². The minimum Gasteiger partial charge on any atom is -0.351 e. The van der Waals surface area contributed by atoms with Gasteiger partial charge in [0.2, 0.25) is 0 Å². The molecule has 1 heterocycles. The molecule has 23 heavy (non-hydrogen) atoms. The van der Waals surface area contributed by atoms with Crippen molar-refractivity contribution in [3.63, 3.8) is 0 Å². The number of rotatable bonds is 5. The largest absolute Gasteiger partial charge is 0.351 e. The van der Waals surface area contributed by atoms with Crippen LogP contribution in [0, 0.1) is 0 Å². The van der Waals surface area contributed by atoms with E-state index >= 15 is 0 Å². The summed E-state index contributed by atoms with van der Waals surface area (Å²) in [6, 6.07) is 18.1. The van der Waals surface area contributed by atoms with Crippen LogP contribution in [0.25, 0.3) is 0 Å². The molecule has 4 heteroatoms. The summed E-state index contributed by atoms with van der Waals surface area (Å²) >= 11 is 5.84. The first-order chi connectivity index (χ1) is 11.2. The number of benzene rings is 2. The van der Waals surface area contributed by atoms with Crippen LogP contribution in [0.5, 0.6) is 0 Å². The Hall–Kier alpha value is -1.84. The lowest BCUT2D eigenvalue weighted by Gasteiger charge is -2.24. The zero-order valence-electron chi connectivity index (χ0n) is 13.0. The highest BCUT2D eigenvalue weighted by Gasteiger charge is 2.25. The average molecular weight is 329 g/mol. The molecule has 0 aromatic heterocycles. The summed E-state index contributed by atoms with van der Waals surface area (Å²) in [5.74, 6) is -0.0443. The highest BCUT2D eigenvalue weighted by molar-refractivity contribution is 6.30. The molecule has 2 aromatic rings. The SMILES string of the molecule is O=C(NCCN1CCCC1c1ccccc1)c1ccc(Cl)cc1. The van der Waals surface area contributed by atoms with Gasteiger partial charge >= 0.3 is 0 Å². The monoisotopic (exact) mass is 328 g/mol. The van der Waals surface area contributed by atoms with E-state index in [1.165, 1.54) is 18.4 Å². The van der Waals surface area contributed by atoms with Crippen LogP contribution in [0.15, 0.2) is 54.6 Å². The first kappa shape index (κ1) is 16.0. The normalized spacial score (nSPS) is 18.0. The molecule has 1 unspecified atom stereocenters. The summed E-state index contributed by atoms with van der Waals surface area (Å²) in [5, 5.41) is 3.64. The van der Waals surface area contributed by atoms with Gasteiger partial charge in [-0.2, -0.15) is 0 Å². The zero-order chi connectivity index (χ0) is 16.1. The predicted octanol–water partition coefficient (Wildman–Crippen LogP) is 3.91. The number of nitrogens with zero attached hydrogens (tertiary/aromatic N) is 1. The van der Waals surface area contributed by atoms with Gasteiger partial charge in [-0.25, -0.2) is 0 Å². The van der Waals surface area contributed by atoms with Gasteiger partial charge in [-0.05, 0) is 49.2 Å². The van der Waals surface area contributed by atoms with Crippen LogP contribution >= 0.6 is 11.6 Å². The summed E-state index contributed by atoms with van der Waals surface area (Å²) in [6.45, 7) is 2.63. The standard InChI is InChI=1S/C19H21ClN2O/c20-17-10-8-16(9-11-17)19(23)21-12-14-22-13-4-7-18(22)15-5-2-1-3-6-15/h1-3,5-6,8-11,18H,4,7,12-14H2,(H,21,23). The van der Waals surface area contributed by atoms with Gasteiger partial charge in [0.25, 0.3) is 5.91 Å². The Bertz CT molecular complexity index is 642. The summed E-state index contributed by atoms with van der Waals surface area (Å²) in [6.07, 6.45) is 2.40. The van der Waals surface area contributed by atoms with Crippen molar-refractivity contribution >= 4 is 17.5 Å². The number of nitrogens with one attached hydrogen (secondary N) is 1. The third kappa shape index (κ3) is 4.12. The first-order valence-corrected chi connectivity index (χ1v) is 8.44. The third-order valence-corrected chi connectivity index (χ3v) is 4.59. The maximum absolute atomic E-state index is 12.1. The second-order valence-electron chi connectivity index (χ2n) is 5.87. The van der Waals surface area contributed by atoms with Crippen molar-refractivity contribution in [2.24, 2.45) is 0 Å². The predicted molar refractivity (Wildman–Crippen MR) is 93.8 cm³/mol. The molecule has 3 nitrogen and oxygen atoms in total. The van der Waals surface area contributed by atoms with Gasteiger partial charge in [-0.3, -0.25) is 9.69 Å². The van der Waals surface area contributed by atoms with E-state index in [0.29, 0.717) is 23.2 Å². The van der Waals surface area contributed by atoms with E-state index < -0.39 is 0 Å². The van der Waals surface area contributed by atoms with Crippen LogP contribution in [0.1, 0.15) is 34.8 Å². The van der Waals surface area contributed by atoms with E-state index in [9.17, 15) is 4.79 Å². The maximum atomic E-state index is 12.1. The lowest BCUT2D eigenvalue weighted by molar-refractivity contribution is 0.0947. The van der Waals surface area contributed by atoms with Crippen molar-refractivity contribution in [2.45, 2.75) is 18.9 Å². The fourth-order valence-corrected chi connectivity index (χ4v) is 3.29. The molecule has 3 rings (SSSR count). The Morgan fingerprint density at radius 1 is 1.13 bits per heavy atom. The summed E-state index contributed by atoms with van der Waals surface area (Å²) < 4.78 is 0. The Kier molecular flexibility index (Phi) is 5.31. The number of carbonyl (C=O) groups is 1. The molecule has 1 fully saturated rings. The van der Waals surface area contributed by atoms with Crippen molar-refractivity contribution in [3.8, 4) is 0 Å². The topological polar surface area (TPSA) is 32.3 Å². The Morgan fingerprint density at radius 2 is 1.87 bits per heavy atom. The molecule has 1 N–H and O–H groups in total. The fourth-order valence-electron chi connectivity index (χ4n) is 3.16. The first-order valence-electron chi connectivity index (χ1n) is 8.07. The van der Waals surface area contributed by atoms with E-state index in [0.717, 1.165) is 13.1 Å². The van der Waals surface area contributed by atoms with E-state index in [-0.39, 0.29) is 5.91 Å². The van der Waals surface area contributed by atoms with Crippen molar-refractivity contribution < 1.29 is 4.79 Å². The van der Waals surface area contributed by atoms with E-state index in [4.69, 9.17) is 11.6 Å². The smallest absolute Gasteiger partial charge is 0.251 e. The molecule has 1 atom stereocenters. The van der Waals surface area contributed by atoms with E-state index in [1.807, 2.05) is 0 Å². The number of halogens is 1. The van der Waals surface area contributed by atoms with Gasteiger partial charge in [-0.1, -0.05) is 41.9 Å². The number of likely N-dealkylation sites (tertiary alicyclic amines) is 1. The molecular weight excluding hydrogens is 308 g/mol. The molecule has 0 aliphatic carbocycles. The van der Waals surface area contributed by atoms with Crippen molar-refractivity contribution in [3.05, 3.63) is 70.7 Å². The van der Waals surface area contributed by atoms with Crippen LogP contribution in [0.3, 0.4) is 0 Å². The third-order valence-electron chi connectivity index (χ3n) is 4.34. The van der Waals surface area contributed by atoms with E-state index in [2.05, 4.69) is 40.5 Å². The lowest BCUT2D eigenvalue weighted by Crippen LogP contribution is -2.34. The van der Waals surface area contributed by atoms with Gasteiger partial charge in [-0.15, -0.1) is 0 Å². The molecule has 1 amide bonds. The van der Waals surface area contributed by atoms with Gasteiger partial charge in [0.1, 0.15) is 0 Å². The molecule has 1 aliphatic rings. The Labute approximate surface area is 142 Å². The molecule has 0 radical (unpaired) electrons. The second kappa shape index (κ2) is 7.62. The fraction of sp³-hybridized carbons (Fsp3) is 0.316. The van der Waals surface area contributed by atoms with Crippen molar-refractivity contribution in [1.29, 1.82) is 0 Å². The molecule has 0 bridgehead atoms. The van der Waals surface area contributed by atoms with Crippen LogP contribution in [-0.2, 0) is 0 Å². The van der Waals surface area contributed by atoms with Crippen LogP contribution in [-0.4, -0.2) is 30.4 Å². The highest BCUT2D eigenvalue weighted by Crippen LogP contribution is 2.30. The highest BCUT2D eigenvalue weighted by atomic mass is 35.5. The quantitative estimate of drug-likeness (QED) is 0.902. The molecular formula is C19H21ClN2O. The molecule has 1 aliphatic heterocycles. The molecule has 2 aromatic carbocycles. The van der Waals surface area contributed by atoms with Gasteiger partial charge in [0.05, 0.1) is 0 Å². The minimum atomic E-state index is -0.0443. The van der Waals surface area contributed by atoms with Crippen molar-refractivity contribution in [2.75, 3.05) is 19.6 Å². The summed E-state index contributed by atoms with van der Waals surface area (Å²) in [5.41, 5.74) is 2.02. The summed E-state index contributed by atoms with van der Waals surface area (Å²) in [4.78, 5) is 14.6. The number of hydrogen-bond acceptors (Lipinski definition) is 2. The molecule has 1 saturated heterocycles. The number of carbonyl (C=O) groups excluding carboxylic acids is 1. The number of hydrogen-bond donors (Lipinski definition) is 1. The molecule has 0 saturated carbocycles. The van der Waals surface area contributed by atoms with Gasteiger partial charge in [0, 0.05) is 29.7 Å². The lowest BCUT2D eigenvalue weighted by atomic mass is 10.0. The zero-order valence-corrected chi connectivity index (χ0v) is 13.8. The molecule has 120 valence electrons.